The first-order valence-electron chi connectivity index (χ1n) is 8.85. The van der Waals surface area contributed by atoms with Crippen LogP contribution in [-0.4, -0.2) is 0 Å². The second-order valence-electron chi connectivity index (χ2n) is 6.95. The summed E-state index contributed by atoms with van der Waals surface area (Å²) in [5, 5.41) is 0. The molecule has 29 heavy (non-hydrogen) atoms. The first kappa shape index (κ1) is 20.0. The molecule has 0 saturated heterocycles. The van der Waals surface area contributed by atoms with Crippen LogP contribution < -0.4 is 7.74 Å². The minimum atomic E-state index is -4.82. The van der Waals surface area contributed by atoms with Crippen LogP contribution in [0.1, 0.15) is 0 Å². The van der Waals surface area contributed by atoms with Gasteiger partial charge in [-0.2, -0.15) is 0 Å². The van der Waals surface area contributed by atoms with Crippen LogP contribution in [0.25, 0.3) is 0 Å². The summed E-state index contributed by atoms with van der Waals surface area (Å²) < 4.78 is 85.3. The van der Waals surface area contributed by atoms with E-state index in [1.165, 1.54) is 0 Å². The second kappa shape index (κ2) is 7.50. The summed E-state index contributed by atoms with van der Waals surface area (Å²) >= 11 is -4.82. The number of hydrogen-bond acceptors (Lipinski definition) is 0. The summed E-state index contributed by atoms with van der Waals surface area (Å²) in [7, 11) is 0. The molecule has 0 N–H and O–H groups in total. The van der Waals surface area contributed by atoms with Crippen molar-refractivity contribution in [3.05, 3.63) is 108 Å². The SMILES string of the molecule is Fc1cc(F)[c]([Ti]([c]2c(F)cc(F)cc2F)([CH]2C=CC=C2)[CH]2C=CC=C2)c(F)c1. The van der Waals surface area contributed by atoms with Crippen LogP contribution in [0.2, 0.25) is 8.45 Å². The van der Waals surface area contributed by atoms with E-state index in [0.717, 1.165) is 0 Å². The molecule has 0 unspecified atom stereocenters. The summed E-state index contributed by atoms with van der Waals surface area (Å²) in [6.07, 6.45) is 13.0. The van der Waals surface area contributed by atoms with E-state index in [1.807, 2.05) is 0 Å². The van der Waals surface area contributed by atoms with Gasteiger partial charge in [0.2, 0.25) is 0 Å². The Labute approximate surface area is 166 Å². The van der Waals surface area contributed by atoms with E-state index in [2.05, 4.69) is 0 Å². The van der Waals surface area contributed by atoms with Gasteiger partial charge in [0.15, 0.2) is 0 Å². The first-order chi connectivity index (χ1) is 13.9. The maximum absolute atomic E-state index is 15.1. The van der Waals surface area contributed by atoms with E-state index in [9.17, 15) is 8.78 Å². The molecule has 4 rings (SSSR count). The fourth-order valence-corrected chi connectivity index (χ4v) is 13.0. The summed E-state index contributed by atoms with van der Waals surface area (Å²) in [5.41, 5.74) is 0. The first-order valence-corrected chi connectivity index (χ1v) is 12.2. The Kier molecular flexibility index (Phi) is 5.17. The Morgan fingerprint density at radius 2 is 0.759 bits per heavy atom. The molecular weight excluding hydrogens is 426 g/mol. The van der Waals surface area contributed by atoms with E-state index < -0.39 is 67.7 Å². The zero-order valence-electron chi connectivity index (χ0n) is 14.9. The molecule has 0 bridgehead atoms. The molecular formula is C22H14F6Ti. The van der Waals surface area contributed by atoms with Crippen molar-refractivity contribution in [1.82, 2.24) is 0 Å². The summed E-state index contributed by atoms with van der Waals surface area (Å²) in [4.78, 5) is 0. The van der Waals surface area contributed by atoms with Crippen LogP contribution in [0.15, 0.2) is 72.9 Å². The van der Waals surface area contributed by atoms with Crippen LogP contribution >= 0.6 is 0 Å². The molecule has 0 amide bonds. The molecule has 0 radical (unpaired) electrons. The van der Waals surface area contributed by atoms with E-state index in [-0.39, 0.29) is 0 Å². The molecule has 0 aliphatic heterocycles. The number of allylic oxidation sites excluding steroid dienone is 8. The van der Waals surface area contributed by atoms with Crippen molar-refractivity contribution in [1.29, 1.82) is 0 Å². The predicted molar refractivity (Wildman–Crippen MR) is 96.0 cm³/mol. The monoisotopic (exact) mass is 440 g/mol. The molecule has 2 aliphatic rings. The van der Waals surface area contributed by atoms with E-state index in [4.69, 9.17) is 0 Å². The predicted octanol–water partition coefficient (Wildman–Crippen LogP) is 5.45. The zero-order chi connectivity index (χ0) is 20.8. The van der Waals surface area contributed by atoms with Crippen molar-refractivity contribution < 1.29 is 42.9 Å². The average molecular weight is 440 g/mol. The number of halogens is 6. The zero-order valence-corrected chi connectivity index (χ0v) is 16.4. The van der Waals surface area contributed by atoms with Gasteiger partial charge in [0, 0.05) is 0 Å². The molecule has 0 saturated carbocycles. The second-order valence-corrected chi connectivity index (χ2v) is 13.3. The average Bonchev–Trinajstić information content (AvgIpc) is 3.33. The molecule has 0 spiro atoms. The van der Waals surface area contributed by atoms with Crippen LogP contribution in [0, 0.1) is 34.9 Å². The third-order valence-corrected chi connectivity index (χ3v) is 14.0. The van der Waals surface area contributed by atoms with Crippen molar-refractivity contribution >= 4 is 7.74 Å². The third kappa shape index (κ3) is 3.15. The molecule has 148 valence electrons. The van der Waals surface area contributed by atoms with Gasteiger partial charge in [0.1, 0.15) is 0 Å². The minimum absolute atomic E-state index is 0.502. The number of benzene rings is 2. The molecule has 2 aliphatic carbocycles. The Morgan fingerprint density at radius 1 is 0.483 bits per heavy atom. The van der Waals surface area contributed by atoms with Crippen LogP contribution in [-0.2, 0) is 16.6 Å². The normalized spacial score (nSPS) is 16.5. The number of rotatable bonds is 4. The van der Waals surface area contributed by atoms with Gasteiger partial charge >= 0.3 is 167 Å². The van der Waals surface area contributed by atoms with Crippen LogP contribution in [0.4, 0.5) is 26.3 Å². The molecule has 7 heteroatoms. The fourth-order valence-electron chi connectivity index (χ4n) is 4.36. The van der Waals surface area contributed by atoms with Crippen molar-refractivity contribution in [3.63, 3.8) is 0 Å². The Morgan fingerprint density at radius 3 is 1.03 bits per heavy atom. The van der Waals surface area contributed by atoms with E-state index in [0.29, 0.717) is 24.3 Å². The summed E-state index contributed by atoms with van der Waals surface area (Å²) in [6.45, 7) is 0. The molecule has 2 aromatic rings. The van der Waals surface area contributed by atoms with Gasteiger partial charge in [-0.05, 0) is 0 Å². The molecule has 0 nitrogen and oxygen atoms in total. The molecule has 0 fully saturated rings. The van der Waals surface area contributed by atoms with Gasteiger partial charge in [-0.25, -0.2) is 0 Å². The summed E-state index contributed by atoms with van der Waals surface area (Å²) in [6, 6.07) is 2.07. The fraction of sp³-hybridized carbons (Fsp3) is 0.0909. The standard InChI is InChI=1S/2C6H2F3.2C5H5.Ti/c2*7-4-1-5(8)3-6(9)2-4;2*1-2-4-5-3-1;/h2*1-2H;2*1-5H;. The van der Waals surface area contributed by atoms with Crippen molar-refractivity contribution in [3.8, 4) is 0 Å². The Hall–Kier alpha value is -2.31. The van der Waals surface area contributed by atoms with Gasteiger partial charge in [0.05, 0.1) is 0 Å². The Bertz CT molecular complexity index is 941. The van der Waals surface area contributed by atoms with Gasteiger partial charge in [-0.3, -0.25) is 0 Å². The van der Waals surface area contributed by atoms with Crippen LogP contribution in [0.3, 0.4) is 0 Å². The molecule has 0 heterocycles. The van der Waals surface area contributed by atoms with Crippen molar-refractivity contribution in [2.75, 3.05) is 0 Å². The quantitative estimate of drug-likeness (QED) is 0.438. The van der Waals surface area contributed by atoms with E-state index >= 15 is 17.6 Å². The topological polar surface area (TPSA) is 0 Å². The Balaban J connectivity index is 2.18. The third-order valence-electron chi connectivity index (χ3n) is 5.39. The molecule has 0 atom stereocenters. The summed E-state index contributed by atoms with van der Waals surface area (Å²) in [5.74, 6) is -7.06. The van der Waals surface area contributed by atoms with Crippen molar-refractivity contribution in [2.24, 2.45) is 0 Å². The molecule has 2 aromatic carbocycles. The van der Waals surface area contributed by atoms with E-state index in [1.54, 1.807) is 48.6 Å². The number of hydrogen-bond donors (Lipinski definition) is 0. The maximum atomic E-state index is 15.1. The van der Waals surface area contributed by atoms with Gasteiger partial charge in [0.25, 0.3) is 0 Å². The van der Waals surface area contributed by atoms with Crippen LogP contribution in [0.5, 0.6) is 0 Å². The van der Waals surface area contributed by atoms with Gasteiger partial charge < -0.3 is 0 Å². The van der Waals surface area contributed by atoms with Gasteiger partial charge in [-0.15, -0.1) is 0 Å². The van der Waals surface area contributed by atoms with Crippen molar-refractivity contribution in [2.45, 2.75) is 8.45 Å². The van der Waals surface area contributed by atoms with Gasteiger partial charge in [-0.1, -0.05) is 0 Å². The molecule has 0 aromatic heterocycles.